The average molecular weight is 514 g/mol. The molecule has 1 aromatic carbocycles. The lowest BCUT2D eigenvalue weighted by Crippen LogP contribution is -2.40. The number of amidine groups is 2. The first-order chi connectivity index (χ1) is 17.8. The van der Waals surface area contributed by atoms with Crippen LogP contribution >= 0.6 is 0 Å². The number of hydrogen-bond acceptors (Lipinski definition) is 5. The van der Waals surface area contributed by atoms with Crippen LogP contribution in [0.25, 0.3) is 0 Å². The quantitative estimate of drug-likeness (QED) is 0.281. The lowest BCUT2D eigenvalue weighted by molar-refractivity contribution is -0.127. The summed E-state index contributed by atoms with van der Waals surface area (Å²) in [6.45, 7) is 10.1. The molecular formula is C28H43N5O4. The minimum atomic E-state index is -0.121. The molecule has 2 fully saturated rings. The van der Waals surface area contributed by atoms with E-state index in [-0.39, 0.29) is 17.7 Å². The summed E-state index contributed by atoms with van der Waals surface area (Å²) in [6, 6.07) is 6.13. The van der Waals surface area contributed by atoms with Crippen molar-refractivity contribution >= 4 is 23.7 Å². The largest absolute Gasteiger partial charge is 0.494 e. The highest BCUT2D eigenvalue weighted by Gasteiger charge is 2.23. The van der Waals surface area contributed by atoms with E-state index in [1.165, 1.54) is 0 Å². The van der Waals surface area contributed by atoms with Crippen molar-refractivity contribution < 1.29 is 19.1 Å². The van der Waals surface area contributed by atoms with Gasteiger partial charge in [0.1, 0.15) is 11.6 Å². The summed E-state index contributed by atoms with van der Waals surface area (Å²) in [7, 11) is 1.62. The molecule has 9 nitrogen and oxygen atoms in total. The fourth-order valence-electron chi connectivity index (χ4n) is 4.77. The number of nitrogens with zero attached hydrogens (tertiary/aromatic N) is 3. The number of piperidine rings is 1. The van der Waals surface area contributed by atoms with Crippen molar-refractivity contribution in [2.24, 2.45) is 16.8 Å². The van der Waals surface area contributed by atoms with E-state index < -0.39 is 0 Å². The Morgan fingerprint density at radius 1 is 1.24 bits per heavy atom. The number of methoxy groups -OCH3 is 1. The molecule has 2 N–H and O–H groups in total. The number of carbonyl (C=O) groups is 2. The van der Waals surface area contributed by atoms with Crippen LogP contribution < -0.4 is 10.1 Å². The third kappa shape index (κ3) is 8.47. The zero-order chi connectivity index (χ0) is 26.8. The summed E-state index contributed by atoms with van der Waals surface area (Å²) in [5.74, 6) is 1.90. The number of ether oxygens (including phenoxy) is 2. The van der Waals surface area contributed by atoms with Crippen molar-refractivity contribution in [3.8, 4) is 5.75 Å². The molecule has 37 heavy (non-hydrogen) atoms. The molecule has 3 rings (SSSR count). The second-order valence-corrected chi connectivity index (χ2v) is 10.3. The van der Waals surface area contributed by atoms with Gasteiger partial charge in [0.2, 0.25) is 5.91 Å². The van der Waals surface area contributed by atoms with Crippen molar-refractivity contribution in [3.05, 3.63) is 29.3 Å². The van der Waals surface area contributed by atoms with Gasteiger partial charge in [0.05, 0.1) is 13.7 Å². The molecule has 204 valence electrons. The molecule has 0 radical (unpaired) electrons. The molecule has 0 spiro atoms. The second kappa shape index (κ2) is 14.0. The lowest BCUT2D eigenvalue weighted by atomic mass is 9.92. The number of nitrogens with one attached hydrogen (secondary N) is 2. The van der Waals surface area contributed by atoms with Crippen LogP contribution in [-0.4, -0.2) is 79.9 Å². The van der Waals surface area contributed by atoms with Gasteiger partial charge in [0.15, 0.2) is 0 Å². The maximum Gasteiger partial charge on any atom is 0.293 e. The van der Waals surface area contributed by atoms with Crippen LogP contribution in [0.5, 0.6) is 5.75 Å². The van der Waals surface area contributed by atoms with Crippen molar-refractivity contribution in [2.45, 2.75) is 59.3 Å². The summed E-state index contributed by atoms with van der Waals surface area (Å²) in [5.41, 5.74) is 1.51. The Morgan fingerprint density at radius 3 is 2.62 bits per heavy atom. The fourth-order valence-corrected chi connectivity index (χ4v) is 4.77. The number of amides is 2. The van der Waals surface area contributed by atoms with Gasteiger partial charge in [-0.1, -0.05) is 13.8 Å². The Labute approximate surface area is 221 Å². The Kier molecular flexibility index (Phi) is 10.8. The summed E-state index contributed by atoms with van der Waals surface area (Å²) in [5, 5.41) is 10.9. The number of likely N-dealkylation sites (tertiary alicyclic amines) is 2. The first-order valence-electron chi connectivity index (χ1n) is 13.5. The molecule has 2 heterocycles. The highest BCUT2D eigenvalue weighted by molar-refractivity contribution is 5.95. The van der Waals surface area contributed by atoms with Crippen LogP contribution in [0.1, 0.15) is 68.3 Å². The third-order valence-corrected chi connectivity index (χ3v) is 7.14. The smallest absolute Gasteiger partial charge is 0.293 e. The predicted octanol–water partition coefficient (Wildman–Crippen LogP) is 3.85. The summed E-state index contributed by atoms with van der Waals surface area (Å²) >= 11 is 0. The van der Waals surface area contributed by atoms with E-state index in [0.29, 0.717) is 49.5 Å². The summed E-state index contributed by atoms with van der Waals surface area (Å²) in [4.78, 5) is 32.5. The van der Waals surface area contributed by atoms with Gasteiger partial charge < -0.3 is 24.6 Å². The van der Waals surface area contributed by atoms with Crippen molar-refractivity contribution in [1.82, 2.24) is 15.1 Å². The van der Waals surface area contributed by atoms with Gasteiger partial charge in [-0.3, -0.25) is 15.0 Å². The van der Waals surface area contributed by atoms with Crippen LogP contribution in [0.3, 0.4) is 0 Å². The van der Waals surface area contributed by atoms with Crippen LogP contribution in [0, 0.1) is 24.2 Å². The Morgan fingerprint density at radius 2 is 2.00 bits per heavy atom. The molecule has 0 aromatic heterocycles. The monoisotopic (exact) mass is 513 g/mol. The number of benzene rings is 1. The van der Waals surface area contributed by atoms with Gasteiger partial charge in [-0.05, 0) is 68.7 Å². The number of aryl methyl sites for hydroxylation is 1. The van der Waals surface area contributed by atoms with Gasteiger partial charge in [-0.25, -0.2) is 0 Å². The second-order valence-electron chi connectivity index (χ2n) is 10.3. The van der Waals surface area contributed by atoms with Crippen molar-refractivity contribution in [3.63, 3.8) is 0 Å². The predicted molar refractivity (Wildman–Crippen MR) is 145 cm³/mol. The van der Waals surface area contributed by atoms with Gasteiger partial charge in [-0.2, -0.15) is 4.99 Å². The zero-order valence-corrected chi connectivity index (χ0v) is 22.8. The summed E-state index contributed by atoms with van der Waals surface area (Å²) in [6.07, 6.45) is 5.75. The van der Waals surface area contributed by atoms with Crippen LogP contribution in [0.15, 0.2) is 23.2 Å². The molecule has 0 unspecified atom stereocenters. The Balaban J connectivity index is 1.35. The molecule has 9 heteroatoms. The average Bonchev–Trinajstić information content (AvgIpc) is 3.29. The van der Waals surface area contributed by atoms with Crippen LogP contribution in [0.2, 0.25) is 0 Å². The molecule has 2 aliphatic heterocycles. The molecule has 2 saturated heterocycles. The van der Waals surface area contributed by atoms with Crippen LogP contribution in [-0.2, 0) is 9.53 Å². The molecule has 2 aliphatic rings. The molecule has 1 aromatic rings. The number of carbonyl (C=O) groups excluding carboxylic acids is 2. The van der Waals surface area contributed by atoms with E-state index >= 15 is 0 Å². The fraction of sp³-hybridized carbons (Fsp3) is 0.643. The molecular weight excluding hydrogens is 470 g/mol. The minimum absolute atomic E-state index is 0.0810. The van der Waals surface area contributed by atoms with E-state index in [4.69, 9.17) is 14.9 Å². The standard InChI is InChI=1S/C28H43N5O4/c1-20(2)26(29)31-28(36-4)33-15-11-22(12-16-33)7-6-18-37-23-9-10-24(21(3)19-23)27(35)30-13-17-32-14-5-8-25(32)34/h9-10,19-20,22,29H,5-8,11-18H2,1-4H3,(H,30,35). The van der Waals surface area contributed by atoms with E-state index in [1.54, 1.807) is 12.0 Å². The third-order valence-electron chi connectivity index (χ3n) is 7.14. The first kappa shape index (κ1) is 28.5. The van der Waals surface area contributed by atoms with Crippen molar-refractivity contribution in [1.29, 1.82) is 5.41 Å². The molecule has 0 atom stereocenters. The van der Waals surface area contributed by atoms with Gasteiger partial charge >= 0.3 is 0 Å². The Bertz CT molecular complexity index is 969. The maximum atomic E-state index is 12.5. The van der Waals surface area contributed by atoms with Gasteiger partial charge in [-0.15, -0.1) is 0 Å². The molecule has 0 saturated carbocycles. The molecule has 0 aliphatic carbocycles. The highest BCUT2D eigenvalue weighted by Crippen LogP contribution is 2.23. The first-order valence-corrected chi connectivity index (χ1v) is 13.5. The topological polar surface area (TPSA) is 107 Å². The number of aliphatic imine (C=N–C) groups is 1. The van der Waals surface area contributed by atoms with E-state index in [9.17, 15) is 9.59 Å². The SMILES string of the molecule is COC(=NC(=N)C(C)C)N1CCC(CCCOc2ccc(C(=O)NCCN3CCCC3=O)c(C)c2)CC1. The van der Waals surface area contributed by atoms with E-state index in [0.717, 1.165) is 63.1 Å². The van der Waals surface area contributed by atoms with Crippen LogP contribution in [0.4, 0.5) is 0 Å². The van der Waals surface area contributed by atoms with Crippen molar-refractivity contribution in [2.75, 3.05) is 46.4 Å². The maximum absolute atomic E-state index is 12.5. The van der Waals surface area contributed by atoms with Gasteiger partial charge in [0.25, 0.3) is 11.9 Å². The molecule has 0 bridgehead atoms. The normalized spacial score (nSPS) is 16.9. The zero-order valence-electron chi connectivity index (χ0n) is 22.8. The number of hydrogen-bond donors (Lipinski definition) is 2. The lowest BCUT2D eigenvalue weighted by Gasteiger charge is -2.33. The Hall–Kier alpha value is -3.10. The number of rotatable bonds is 10. The van der Waals surface area contributed by atoms with E-state index in [2.05, 4.69) is 15.2 Å². The highest BCUT2D eigenvalue weighted by atomic mass is 16.5. The van der Waals surface area contributed by atoms with Gasteiger partial charge in [0, 0.05) is 50.6 Å². The molecule has 2 amide bonds. The minimum Gasteiger partial charge on any atom is -0.494 e. The summed E-state index contributed by atoms with van der Waals surface area (Å²) < 4.78 is 11.4. The van der Waals surface area contributed by atoms with E-state index in [1.807, 2.05) is 39.0 Å².